The Balaban J connectivity index is 1.23. The molecule has 0 radical (unpaired) electrons. The van der Waals surface area contributed by atoms with E-state index in [0.717, 1.165) is 77.2 Å². The van der Waals surface area contributed by atoms with Crippen LogP contribution in [0.1, 0.15) is 116 Å². The highest BCUT2D eigenvalue weighted by molar-refractivity contribution is 6.12. The number of nitriles is 2. The lowest BCUT2D eigenvalue weighted by Crippen LogP contribution is -2.10. The van der Waals surface area contributed by atoms with Gasteiger partial charge in [0.25, 0.3) is 0 Å². The van der Waals surface area contributed by atoms with Gasteiger partial charge >= 0.3 is 0 Å². The Morgan fingerprint density at radius 3 is 1.16 bits per heavy atom. The Kier molecular flexibility index (Phi) is 11.8. The minimum absolute atomic E-state index is 0.0675. The molecule has 374 valence electrons. The molecule has 0 aliphatic heterocycles. The van der Waals surface area contributed by atoms with Gasteiger partial charge in [0.2, 0.25) is 0 Å². The van der Waals surface area contributed by atoms with Gasteiger partial charge in [-0.1, -0.05) is 156 Å². The summed E-state index contributed by atoms with van der Waals surface area (Å²) >= 11 is 0. The zero-order valence-electron chi connectivity index (χ0n) is 45.7. The maximum atomic E-state index is 10.6. The lowest BCUT2D eigenvalue weighted by atomic mass is 9.85. The van der Waals surface area contributed by atoms with Crippen LogP contribution in [0.4, 0.5) is 0 Å². The second-order valence-electron chi connectivity index (χ2n) is 24.5. The number of aromatic nitrogens is 5. The van der Waals surface area contributed by atoms with Gasteiger partial charge in [0.1, 0.15) is 0 Å². The lowest BCUT2D eigenvalue weighted by molar-refractivity contribution is 0.590. The largest absolute Gasteiger partial charge is 0.308 e. The molecule has 7 heteroatoms. The Hall–Kier alpha value is -8.65. The van der Waals surface area contributed by atoms with E-state index in [0.29, 0.717) is 34.2 Å². The Labute approximate surface area is 446 Å². The third kappa shape index (κ3) is 8.80. The average Bonchev–Trinajstić information content (AvgIpc) is 3.95. The maximum Gasteiger partial charge on any atom is 0.166 e. The maximum absolute atomic E-state index is 10.6. The Morgan fingerprint density at radius 2 is 0.724 bits per heavy atom. The van der Waals surface area contributed by atoms with Gasteiger partial charge in [-0.05, 0) is 146 Å². The van der Waals surface area contributed by atoms with Gasteiger partial charge in [0.15, 0.2) is 17.5 Å². The quantitative estimate of drug-likeness (QED) is 0.165. The monoisotopic (exact) mass is 990 g/mol. The van der Waals surface area contributed by atoms with Crippen molar-refractivity contribution in [2.75, 3.05) is 0 Å². The molecule has 0 amide bonds. The summed E-state index contributed by atoms with van der Waals surface area (Å²) in [5.41, 5.74) is 16.1. The normalized spacial score (nSPS) is 12.4. The second kappa shape index (κ2) is 18.0. The fourth-order valence-electron chi connectivity index (χ4n) is 10.6. The first-order chi connectivity index (χ1) is 36.1. The summed E-state index contributed by atoms with van der Waals surface area (Å²) < 4.78 is 4.69. The van der Waals surface area contributed by atoms with Gasteiger partial charge in [0.05, 0.1) is 56.7 Å². The molecule has 3 aromatic heterocycles. The second-order valence-corrected chi connectivity index (χ2v) is 24.5. The molecule has 0 fully saturated rings. The first kappa shape index (κ1) is 49.6. The zero-order chi connectivity index (χ0) is 53.6. The van der Waals surface area contributed by atoms with E-state index in [9.17, 15) is 10.5 Å². The third-order valence-electron chi connectivity index (χ3n) is 15.1. The van der Waals surface area contributed by atoms with Crippen molar-refractivity contribution >= 4 is 43.6 Å². The van der Waals surface area contributed by atoms with Gasteiger partial charge in [-0.3, -0.25) is 0 Å². The minimum Gasteiger partial charge on any atom is -0.308 e. The van der Waals surface area contributed by atoms with E-state index in [1.807, 2.05) is 72.8 Å². The van der Waals surface area contributed by atoms with E-state index < -0.39 is 0 Å². The summed E-state index contributed by atoms with van der Waals surface area (Å²) in [6, 6.07) is 62.3. The lowest BCUT2D eigenvalue weighted by Gasteiger charge is -2.20. The average molecular weight is 990 g/mol. The van der Waals surface area contributed by atoms with Crippen molar-refractivity contribution in [3.63, 3.8) is 0 Å². The van der Waals surface area contributed by atoms with Crippen LogP contribution in [0.15, 0.2) is 164 Å². The van der Waals surface area contributed by atoms with Gasteiger partial charge in [0, 0.05) is 38.2 Å². The van der Waals surface area contributed by atoms with Gasteiger partial charge in [-0.25, -0.2) is 15.0 Å². The Morgan fingerprint density at radius 1 is 0.329 bits per heavy atom. The standard InChI is InChI=1S/C69H63N7/c1-66(2,3)47-24-30-57-52(36-47)53-37-48(67(4,5)6)25-31-58(53)75(57)61-29-20-43(41-71)34-56(61)65-73-63(45-16-14-13-15-17-45)72-64(74-65)51-28-23-46(44-21-18-42(40-70)19-22-44)35-62(51)76-59-32-26-49(68(7,8)9)38-54(59)55-39-50(69(10,11)12)27-33-60(55)76/h13-39H,1-12H3. The number of nitrogens with zero attached hydrogens (tertiary/aromatic N) is 7. The summed E-state index contributed by atoms with van der Waals surface area (Å²) in [6.07, 6.45) is 0. The molecule has 0 unspecified atom stereocenters. The van der Waals surface area contributed by atoms with Crippen molar-refractivity contribution in [3.05, 3.63) is 197 Å². The molecule has 0 N–H and O–H groups in total. The van der Waals surface area contributed by atoms with Crippen molar-refractivity contribution in [1.29, 1.82) is 10.5 Å². The molecule has 0 atom stereocenters. The molecule has 0 saturated carbocycles. The van der Waals surface area contributed by atoms with Crippen molar-refractivity contribution in [3.8, 4) is 68.8 Å². The first-order valence-electron chi connectivity index (χ1n) is 26.3. The van der Waals surface area contributed by atoms with Crippen LogP contribution >= 0.6 is 0 Å². The van der Waals surface area contributed by atoms with Crippen LogP contribution in [0, 0.1) is 22.7 Å². The number of hydrogen-bond donors (Lipinski definition) is 0. The van der Waals surface area contributed by atoms with Gasteiger partial charge < -0.3 is 9.13 Å². The number of hydrogen-bond acceptors (Lipinski definition) is 5. The molecular weight excluding hydrogens is 927 g/mol. The summed E-state index contributed by atoms with van der Waals surface area (Å²) in [5.74, 6) is 1.44. The van der Waals surface area contributed by atoms with E-state index in [2.05, 4.69) is 195 Å². The fourth-order valence-corrected chi connectivity index (χ4v) is 10.6. The molecule has 0 saturated heterocycles. The molecule has 0 aliphatic rings. The predicted octanol–water partition coefficient (Wildman–Crippen LogP) is 17.7. The molecule has 11 aromatic rings. The van der Waals surface area contributed by atoms with E-state index in [4.69, 9.17) is 15.0 Å². The van der Waals surface area contributed by atoms with Crippen LogP contribution in [0.25, 0.3) is 100 Å². The first-order valence-corrected chi connectivity index (χ1v) is 26.3. The van der Waals surface area contributed by atoms with Crippen LogP contribution < -0.4 is 0 Å². The molecular formula is C69H63N7. The summed E-state index contributed by atoms with van der Waals surface area (Å²) in [7, 11) is 0. The predicted molar refractivity (Wildman–Crippen MR) is 314 cm³/mol. The molecule has 3 heterocycles. The molecule has 0 aliphatic carbocycles. The third-order valence-corrected chi connectivity index (χ3v) is 15.1. The van der Waals surface area contributed by atoms with E-state index >= 15 is 0 Å². The molecule has 0 spiro atoms. The molecule has 11 rings (SSSR count). The number of rotatable bonds is 6. The van der Waals surface area contributed by atoms with Gasteiger partial charge in [-0.2, -0.15) is 10.5 Å². The smallest absolute Gasteiger partial charge is 0.166 e. The topological polar surface area (TPSA) is 96.1 Å². The van der Waals surface area contributed by atoms with Crippen LogP contribution in [0.2, 0.25) is 0 Å². The molecule has 0 bridgehead atoms. The van der Waals surface area contributed by atoms with Crippen molar-refractivity contribution in [2.45, 2.75) is 105 Å². The highest BCUT2D eigenvalue weighted by atomic mass is 15.1. The zero-order valence-corrected chi connectivity index (χ0v) is 45.7. The van der Waals surface area contributed by atoms with E-state index in [1.54, 1.807) is 0 Å². The van der Waals surface area contributed by atoms with Crippen molar-refractivity contribution in [1.82, 2.24) is 24.1 Å². The molecule has 8 aromatic carbocycles. The van der Waals surface area contributed by atoms with Crippen LogP contribution in [0.5, 0.6) is 0 Å². The van der Waals surface area contributed by atoms with Crippen LogP contribution in [0.3, 0.4) is 0 Å². The molecule has 76 heavy (non-hydrogen) atoms. The number of benzene rings is 8. The van der Waals surface area contributed by atoms with Crippen molar-refractivity contribution in [2.24, 2.45) is 0 Å². The number of fused-ring (bicyclic) bond motifs is 6. The summed E-state index contributed by atoms with van der Waals surface area (Å²) in [5, 5.41) is 25.0. The van der Waals surface area contributed by atoms with Crippen LogP contribution in [-0.2, 0) is 21.7 Å². The highest BCUT2D eigenvalue weighted by Crippen LogP contribution is 2.44. The molecule has 7 nitrogen and oxygen atoms in total. The van der Waals surface area contributed by atoms with Crippen molar-refractivity contribution < 1.29 is 0 Å². The van der Waals surface area contributed by atoms with E-state index in [-0.39, 0.29) is 21.7 Å². The SMILES string of the molecule is CC(C)(C)c1ccc2c(c1)c1cc(C(C)(C)C)ccc1n2-c1ccc(C#N)cc1-c1nc(-c2ccccc2)nc(-c2ccc(-c3ccc(C#N)cc3)cc2-n2c3ccc(C(C)(C)C)cc3c3cc(C(C)(C)C)ccc32)n1. The summed E-state index contributed by atoms with van der Waals surface area (Å²) in [4.78, 5) is 16.3. The highest BCUT2D eigenvalue weighted by Gasteiger charge is 2.27. The van der Waals surface area contributed by atoms with Crippen LogP contribution in [-0.4, -0.2) is 24.1 Å². The summed E-state index contributed by atoms with van der Waals surface area (Å²) in [6.45, 7) is 27.1. The minimum atomic E-state index is -0.0777. The Bertz CT molecular complexity index is 4060. The van der Waals surface area contributed by atoms with Gasteiger partial charge in [-0.15, -0.1) is 0 Å². The van der Waals surface area contributed by atoms with E-state index in [1.165, 1.54) is 22.3 Å². The fraction of sp³-hybridized carbons (Fsp3) is 0.232.